The molecule has 1 heterocycles. The Kier molecular flexibility index (Phi) is 4.05. The average molecular weight is 345 g/mol. The van der Waals surface area contributed by atoms with E-state index >= 15 is 0 Å². The molecule has 0 aliphatic carbocycles. The second-order valence-corrected chi connectivity index (χ2v) is 5.44. The molecule has 7 heteroatoms. The zero-order valence-corrected chi connectivity index (χ0v) is 13.0. The van der Waals surface area contributed by atoms with Crippen molar-refractivity contribution >= 4 is 0 Å². The van der Waals surface area contributed by atoms with Gasteiger partial charge in [0.2, 0.25) is 0 Å². The first-order valence-electron chi connectivity index (χ1n) is 7.21. The number of hydrogen-bond acceptors (Lipinski definition) is 2. The molecular formula is C18H11F4N3. The first kappa shape index (κ1) is 16.7. The van der Waals surface area contributed by atoms with Gasteiger partial charge in [-0.15, -0.1) is 0 Å². The summed E-state index contributed by atoms with van der Waals surface area (Å²) in [6.07, 6.45) is -2.78. The van der Waals surface area contributed by atoms with Gasteiger partial charge in [-0.1, -0.05) is 12.1 Å². The minimum atomic E-state index is -4.44. The molecule has 3 nitrogen and oxygen atoms in total. The van der Waals surface area contributed by atoms with Crippen molar-refractivity contribution in [1.29, 1.82) is 5.26 Å². The van der Waals surface area contributed by atoms with Gasteiger partial charge in [0, 0.05) is 18.8 Å². The van der Waals surface area contributed by atoms with Gasteiger partial charge in [0.05, 0.1) is 16.8 Å². The molecule has 126 valence electrons. The van der Waals surface area contributed by atoms with Crippen molar-refractivity contribution in [3.8, 4) is 28.5 Å². The van der Waals surface area contributed by atoms with E-state index in [1.807, 2.05) is 0 Å². The van der Waals surface area contributed by atoms with E-state index in [1.165, 1.54) is 16.8 Å². The highest BCUT2D eigenvalue weighted by Gasteiger charge is 2.30. The highest BCUT2D eigenvalue weighted by Crippen LogP contribution is 2.33. The van der Waals surface area contributed by atoms with Gasteiger partial charge in [-0.3, -0.25) is 4.68 Å². The molecular weight excluding hydrogens is 334 g/mol. The number of nitriles is 1. The molecule has 3 rings (SSSR count). The lowest BCUT2D eigenvalue weighted by atomic mass is 9.96. The third-order valence-electron chi connectivity index (χ3n) is 3.74. The monoisotopic (exact) mass is 345 g/mol. The zero-order valence-electron chi connectivity index (χ0n) is 13.0. The van der Waals surface area contributed by atoms with Crippen LogP contribution in [0.2, 0.25) is 0 Å². The van der Waals surface area contributed by atoms with Gasteiger partial charge >= 0.3 is 6.18 Å². The van der Waals surface area contributed by atoms with E-state index in [9.17, 15) is 22.8 Å². The van der Waals surface area contributed by atoms with Crippen LogP contribution in [0.4, 0.5) is 17.6 Å². The number of nitrogens with zero attached hydrogens (tertiary/aromatic N) is 3. The molecule has 0 amide bonds. The standard InChI is InChI=1S/C18H11F4N3/c1-25-7-6-17(24-25)14-8-12(9-16(19)15(14)10-23)11-2-4-13(5-3-11)18(20,21)22/h2-9H,1H3. The molecule has 0 spiro atoms. The summed E-state index contributed by atoms with van der Waals surface area (Å²) < 4.78 is 53.8. The summed E-state index contributed by atoms with van der Waals surface area (Å²) in [4.78, 5) is 0. The van der Waals surface area contributed by atoms with Crippen LogP contribution in [0.1, 0.15) is 11.1 Å². The van der Waals surface area contributed by atoms with Crippen LogP contribution in [0.3, 0.4) is 0 Å². The third-order valence-corrected chi connectivity index (χ3v) is 3.74. The van der Waals surface area contributed by atoms with Crippen LogP contribution in [-0.2, 0) is 13.2 Å². The minimum absolute atomic E-state index is 0.158. The van der Waals surface area contributed by atoms with Crippen molar-refractivity contribution in [3.05, 3.63) is 65.6 Å². The zero-order chi connectivity index (χ0) is 18.2. The summed E-state index contributed by atoms with van der Waals surface area (Å²) >= 11 is 0. The van der Waals surface area contributed by atoms with Crippen molar-refractivity contribution < 1.29 is 17.6 Å². The van der Waals surface area contributed by atoms with Crippen molar-refractivity contribution in [1.82, 2.24) is 9.78 Å². The van der Waals surface area contributed by atoms with Gasteiger partial charge in [-0.05, 0) is 41.5 Å². The van der Waals surface area contributed by atoms with E-state index in [1.54, 1.807) is 31.4 Å². The van der Waals surface area contributed by atoms with Gasteiger partial charge in [-0.2, -0.15) is 23.5 Å². The second kappa shape index (κ2) is 6.06. The van der Waals surface area contributed by atoms with Gasteiger partial charge in [-0.25, -0.2) is 4.39 Å². The highest BCUT2D eigenvalue weighted by atomic mass is 19.4. The molecule has 0 radical (unpaired) electrons. The van der Waals surface area contributed by atoms with Crippen LogP contribution in [0.15, 0.2) is 48.7 Å². The number of halogens is 4. The van der Waals surface area contributed by atoms with Gasteiger partial charge in [0.15, 0.2) is 0 Å². The van der Waals surface area contributed by atoms with Gasteiger partial charge in [0.25, 0.3) is 0 Å². The van der Waals surface area contributed by atoms with Crippen molar-refractivity contribution in [2.75, 3.05) is 0 Å². The highest BCUT2D eigenvalue weighted by molar-refractivity contribution is 5.76. The average Bonchev–Trinajstić information content (AvgIpc) is 3.00. The first-order chi connectivity index (χ1) is 11.8. The predicted molar refractivity (Wildman–Crippen MR) is 83.8 cm³/mol. The molecule has 0 fully saturated rings. The molecule has 0 saturated heterocycles. The number of hydrogen-bond donors (Lipinski definition) is 0. The summed E-state index contributed by atoms with van der Waals surface area (Å²) in [5.41, 5.74) is 0.536. The number of rotatable bonds is 2. The predicted octanol–water partition coefficient (Wildman–Crippen LogP) is 4.78. The van der Waals surface area contributed by atoms with Crippen LogP contribution >= 0.6 is 0 Å². The Labute approximate surface area is 140 Å². The third kappa shape index (κ3) is 3.24. The summed E-state index contributed by atoms with van der Waals surface area (Å²) in [6.45, 7) is 0. The van der Waals surface area contributed by atoms with E-state index in [0.29, 0.717) is 16.8 Å². The van der Waals surface area contributed by atoms with Gasteiger partial charge < -0.3 is 0 Å². The van der Waals surface area contributed by atoms with E-state index < -0.39 is 17.6 Å². The topological polar surface area (TPSA) is 41.6 Å². The molecule has 0 saturated carbocycles. The molecule has 0 N–H and O–H groups in total. The lowest BCUT2D eigenvalue weighted by Gasteiger charge is -2.10. The summed E-state index contributed by atoms with van der Waals surface area (Å²) in [6, 6.07) is 10.5. The number of alkyl halides is 3. The lowest BCUT2D eigenvalue weighted by Crippen LogP contribution is -2.04. The fourth-order valence-electron chi connectivity index (χ4n) is 2.50. The maximum absolute atomic E-state index is 14.3. The molecule has 0 unspecified atom stereocenters. The minimum Gasteiger partial charge on any atom is -0.275 e. The Balaban J connectivity index is 2.12. The normalized spacial score (nSPS) is 11.4. The SMILES string of the molecule is Cn1ccc(-c2cc(-c3ccc(C(F)(F)F)cc3)cc(F)c2C#N)n1. The Morgan fingerprint density at radius 1 is 1.04 bits per heavy atom. The lowest BCUT2D eigenvalue weighted by molar-refractivity contribution is -0.137. The Hall–Kier alpha value is -3.14. The van der Waals surface area contributed by atoms with Crippen molar-refractivity contribution in [3.63, 3.8) is 0 Å². The number of aromatic nitrogens is 2. The molecule has 1 aromatic heterocycles. The fourth-order valence-corrected chi connectivity index (χ4v) is 2.50. The second-order valence-electron chi connectivity index (χ2n) is 5.44. The summed E-state index contributed by atoms with van der Waals surface area (Å²) in [5.74, 6) is -0.749. The quantitative estimate of drug-likeness (QED) is 0.627. The summed E-state index contributed by atoms with van der Waals surface area (Å²) in [7, 11) is 1.69. The van der Waals surface area contributed by atoms with E-state index in [4.69, 9.17) is 0 Å². The maximum Gasteiger partial charge on any atom is 0.416 e. The van der Waals surface area contributed by atoms with Crippen LogP contribution < -0.4 is 0 Å². The molecule has 2 aromatic carbocycles. The molecule has 0 bridgehead atoms. The van der Waals surface area contributed by atoms with Crippen LogP contribution in [-0.4, -0.2) is 9.78 Å². The van der Waals surface area contributed by atoms with Crippen LogP contribution in [0.25, 0.3) is 22.4 Å². The number of aryl methyl sites for hydroxylation is 1. The smallest absolute Gasteiger partial charge is 0.275 e. The van der Waals surface area contributed by atoms with E-state index in [2.05, 4.69) is 5.10 Å². The Morgan fingerprint density at radius 2 is 1.72 bits per heavy atom. The Morgan fingerprint density at radius 3 is 2.24 bits per heavy atom. The van der Waals surface area contributed by atoms with E-state index in [0.717, 1.165) is 18.2 Å². The van der Waals surface area contributed by atoms with E-state index in [-0.39, 0.29) is 11.1 Å². The van der Waals surface area contributed by atoms with Crippen LogP contribution in [0, 0.1) is 17.1 Å². The fraction of sp³-hybridized carbons (Fsp3) is 0.111. The molecule has 3 aromatic rings. The maximum atomic E-state index is 14.3. The largest absolute Gasteiger partial charge is 0.416 e. The van der Waals surface area contributed by atoms with Gasteiger partial charge in [0.1, 0.15) is 11.9 Å². The molecule has 25 heavy (non-hydrogen) atoms. The van der Waals surface area contributed by atoms with Crippen molar-refractivity contribution in [2.24, 2.45) is 7.05 Å². The Bertz CT molecular complexity index is 963. The van der Waals surface area contributed by atoms with Crippen molar-refractivity contribution in [2.45, 2.75) is 6.18 Å². The van der Waals surface area contributed by atoms with Crippen LogP contribution in [0.5, 0.6) is 0 Å². The summed E-state index contributed by atoms with van der Waals surface area (Å²) in [5, 5.41) is 13.4. The molecule has 0 aliphatic rings. The number of benzene rings is 2. The molecule has 0 aliphatic heterocycles. The molecule has 0 atom stereocenters. The first-order valence-corrected chi connectivity index (χ1v) is 7.21.